The van der Waals surface area contributed by atoms with E-state index in [1.54, 1.807) is 29.2 Å². The van der Waals surface area contributed by atoms with Crippen LogP contribution in [0.25, 0.3) is 0 Å². The van der Waals surface area contributed by atoms with Gasteiger partial charge in [0.2, 0.25) is 5.91 Å². The van der Waals surface area contributed by atoms with Gasteiger partial charge in [0.25, 0.3) is 15.9 Å². The molecule has 0 spiro atoms. The van der Waals surface area contributed by atoms with Crippen LogP contribution in [0.1, 0.15) is 36.0 Å². The number of rotatable bonds is 7. The van der Waals surface area contributed by atoms with Crippen molar-refractivity contribution in [3.05, 3.63) is 82.3 Å². The minimum atomic E-state index is -4.03. The van der Waals surface area contributed by atoms with Crippen LogP contribution in [0.4, 0.5) is 5.69 Å². The van der Waals surface area contributed by atoms with Gasteiger partial charge in [0.15, 0.2) is 0 Å². The maximum absolute atomic E-state index is 13.5. The molecule has 204 valence electrons. The Kier molecular flexibility index (Phi) is 8.02. The predicted octanol–water partition coefficient (Wildman–Crippen LogP) is 5.81. The Morgan fingerprint density at radius 1 is 0.949 bits per heavy atom. The fourth-order valence-corrected chi connectivity index (χ4v) is 6.36. The molecule has 11 heteroatoms. The van der Waals surface area contributed by atoms with Crippen molar-refractivity contribution in [3.8, 4) is 11.5 Å². The molecule has 0 aliphatic carbocycles. The minimum Gasteiger partial charge on any atom is -0.456 e. The van der Waals surface area contributed by atoms with Crippen LogP contribution >= 0.6 is 23.2 Å². The molecule has 0 atom stereocenters. The lowest BCUT2D eigenvalue weighted by molar-refractivity contribution is -0.130. The Morgan fingerprint density at radius 3 is 2.33 bits per heavy atom. The van der Waals surface area contributed by atoms with E-state index in [4.69, 9.17) is 27.9 Å². The summed E-state index contributed by atoms with van der Waals surface area (Å²) < 4.78 is 34.7. The molecule has 2 aliphatic heterocycles. The third-order valence-corrected chi connectivity index (χ3v) is 8.89. The van der Waals surface area contributed by atoms with Crippen molar-refractivity contribution >= 4 is 50.7 Å². The zero-order valence-corrected chi connectivity index (χ0v) is 23.3. The highest BCUT2D eigenvalue weighted by Crippen LogP contribution is 2.31. The van der Waals surface area contributed by atoms with E-state index in [1.807, 2.05) is 4.90 Å². The number of hydrogen-bond acceptors (Lipinski definition) is 5. The summed E-state index contributed by atoms with van der Waals surface area (Å²) in [6.45, 7) is 1.71. The number of nitrogens with one attached hydrogen (secondary N) is 1. The van der Waals surface area contributed by atoms with Gasteiger partial charge < -0.3 is 14.5 Å². The molecule has 0 radical (unpaired) electrons. The van der Waals surface area contributed by atoms with Gasteiger partial charge in [0, 0.05) is 37.1 Å². The number of hydrogen-bond donors (Lipinski definition) is 1. The molecule has 39 heavy (non-hydrogen) atoms. The van der Waals surface area contributed by atoms with E-state index < -0.39 is 10.0 Å². The van der Waals surface area contributed by atoms with Crippen LogP contribution < -0.4 is 9.46 Å². The highest BCUT2D eigenvalue weighted by Gasteiger charge is 2.33. The molecule has 0 saturated carbocycles. The molecule has 3 aromatic rings. The summed E-state index contributed by atoms with van der Waals surface area (Å²) in [6.07, 6.45) is 2.83. The standard InChI is InChI=1S/C28H27Cl2N3O5S/c29-19-7-12-25(23(18-19)28(35)32-16-13-20(14-17-32)33-15-3-6-27(33)34)31-39(36,37)22-10-8-21(9-11-22)38-26-5-2-1-4-24(26)30/h1-2,4-5,7-12,18,20,31H,3,6,13-17H2. The monoisotopic (exact) mass is 587 g/mol. The molecular formula is C28H27Cl2N3O5S. The number of carbonyl (C=O) groups excluding carboxylic acids is 2. The number of carbonyl (C=O) groups is 2. The van der Waals surface area contributed by atoms with Gasteiger partial charge in [-0.15, -0.1) is 0 Å². The molecule has 2 heterocycles. The van der Waals surface area contributed by atoms with Crippen LogP contribution in [-0.2, 0) is 14.8 Å². The summed E-state index contributed by atoms with van der Waals surface area (Å²) in [5.41, 5.74) is 0.304. The maximum atomic E-state index is 13.5. The van der Waals surface area contributed by atoms with Gasteiger partial charge in [-0.05, 0) is 73.9 Å². The van der Waals surface area contributed by atoms with Gasteiger partial charge in [-0.25, -0.2) is 8.42 Å². The van der Waals surface area contributed by atoms with E-state index in [9.17, 15) is 18.0 Å². The molecule has 0 aromatic heterocycles. The quantitative estimate of drug-likeness (QED) is 0.376. The van der Waals surface area contributed by atoms with Crippen molar-refractivity contribution in [3.63, 3.8) is 0 Å². The molecule has 0 unspecified atom stereocenters. The molecule has 2 aliphatic rings. The lowest BCUT2D eigenvalue weighted by Gasteiger charge is -2.37. The lowest BCUT2D eigenvalue weighted by atomic mass is 10.0. The van der Waals surface area contributed by atoms with Gasteiger partial charge in [0.05, 0.1) is 21.2 Å². The zero-order valence-electron chi connectivity index (χ0n) is 21.0. The van der Waals surface area contributed by atoms with Gasteiger partial charge in [0.1, 0.15) is 11.5 Å². The summed E-state index contributed by atoms with van der Waals surface area (Å²) in [6, 6.07) is 17.5. The second-order valence-corrected chi connectivity index (χ2v) is 12.0. The van der Waals surface area contributed by atoms with Crippen LogP contribution in [0.5, 0.6) is 11.5 Å². The number of sulfonamides is 1. The second kappa shape index (κ2) is 11.5. The highest BCUT2D eigenvalue weighted by atomic mass is 35.5. The summed E-state index contributed by atoms with van der Waals surface area (Å²) in [5, 5.41) is 0.754. The Hall–Kier alpha value is -3.27. The van der Waals surface area contributed by atoms with Crippen LogP contribution in [0.3, 0.4) is 0 Å². The van der Waals surface area contributed by atoms with Crippen LogP contribution in [0, 0.1) is 0 Å². The third kappa shape index (κ3) is 6.16. The largest absolute Gasteiger partial charge is 0.456 e. The second-order valence-electron chi connectivity index (χ2n) is 9.51. The highest BCUT2D eigenvalue weighted by molar-refractivity contribution is 7.92. The summed E-state index contributed by atoms with van der Waals surface area (Å²) in [4.78, 5) is 29.2. The Bertz CT molecular complexity index is 1490. The van der Waals surface area contributed by atoms with Crippen molar-refractivity contribution in [2.75, 3.05) is 24.4 Å². The SMILES string of the molecule is O=C(c1cc(Cl)ccc1NS(=O)(=O)c1ccc(Oc2ccccc2Cl)cc1)N1CCC(N2CCCC2=O)CC1. The van der Waals surface area contributed by atoms with E-state index in [0.29, 0.717) is 53.9 Å². The molecule has 5 rings (SSSR count). The first-order chi connectivity index (χ1) is 18.7. The Balaban J connectivity index is 1.29. The minimum absolute atomic E-state index is 0.00143. The maximum Gasteiger partial charge on any atom is 0.261 e. The van der Waals surface area contributed by atoms with Gasteiger partial charge in [-0.1, -0.05) is 35.3 Å². The summed E-state index contributed by atoms with van der Waals surface area (Å²) in [7, 11) is -4.03. The molecule has 2 saturated heterocycles. The average molecular weight is 589 g/mol. The average Bonchev–Trinajstić information content (AvgIpc) is 3.36. The van der Waals surface area contributed by atoms with Gasteiger partial charge in [-0.3, -0.25) is 14.3 Å². The number of piperidine rings is 1. The van der Waals surface area contributed by atoms with Crippen molar-refractivity contribution in [2.45, 2.75) is 36.6 Å². The lowest BCUT2D eigenvalue weighted by Crippen LogP contribution is -2.47. The smallest absolute Gasteiger partial charge is 0.261 e. The molecule has 2 fully saturated rings. The molecular weight excluding hydrogens is 561 g/mol. The summed E-state index contributed by atoms with van der Waals surface area (Å²) in [5.74, 6) is 0.733. The number of halogens is 2. The fourth-order valence-electron chi connectivity index (χ4n) is 4.93. The van der Waals surface area contributed by atoms with Crippen molar-refractivity contribution in [2.24, 2.45) is 0 Å². The molecule has 1 N–H and O–H groups in total. The van der Waals surface area contributed by atoms with Crippen LogP contribution in [0.2, 0.25) is 10.0 Å². The van der Waals surface area contributed by atoms with Crippen LogP contribution in [0.15, 0.2) is 71.6 Å². The topological polar surface area (TPSA) is 96.0 Å². The first-order valence-corrected chi connectivity index (χ1v) is 14.9. The number of likely N-dealkylation sites (tertiary alicyclic amines) is 2. The Morgan fingerprint density at radius 2 is 1.67 bits per heavy atom. The molecule has 8 nitrogen and oxygen atoms in total. The van der Waals surface area contributed by atoms with E-state index in [-0.39, 0.29) is 34.0 Å². The zero-order chi connectivity index (χ0) is 27.6. The number of amides is 2. The van der Waals surface area contributed by atoms with Crippen molar-refractivity contribution < 1.29 is 22.7 Å². The molecule has 0 bridgehead atoms. The number of nitrogens with zero attached hydrogens (tertiary/aromatic N) is 2. The van der Waals surface area contributed by atoms with Crippen LogP contribution in [-0.4, -0.2) is 55.7 Å². The predicted molar refractivity (Wildman–Crippen MR) is 150 cm³/mol. The number of ether oxygens (including phenoxy) is 1. The molecule has 3 aromatic carbocycles. The van der Waals surface area contributed by atoms with Gasteiger partial charge in [-0.2, -0.15) is 0 Å². The number of para-hydroxylation sites is 1. The van der Waals surface area contributed by atoms with E-state index >= 15 is 0 Å². The normalized spacial score (nSPS) is 16.4. The van der Waals surface area contributed by atoms with Crippen molar-refractivity contribution in [1.82, 2.24) is 9.80 Å². The number of anilines is 1. The molecule has 2 amide bonds. The first-order valence-electron chi connectivity index (χ1n) is 12.6. The first kappa shape index (κ1) is 27.3. The van der Waals surface area contributed by atoms with Gasteiger partial charge >= 0.3 is 0 Å². The number of benzene rings is 3. The van der Waals surface area contributed by atoms with E-state index in [0.717, 1.165) is 13.0 Å². The third-order valence-electron chi connectivity index (χ3n) is 6.96. The fraction of sp³-hybridized carbons (Fsp3) is 0.286. The summed E-state index contributed by atoms with van der Waals surface area (Å²) >= 11 is 12.3. The van der Waals surface area contributed by atoms with E-state index in [1.165, 1.54) is 42.5 Å². The Labute approximate surface area is 237 Å². The van der Waals surface area contributed by atoms with E-state index in [2.05, 4.69) is 4.72 Å². The van der Waals surface area contributed by atoms with Crippen molar-refractivity contribution in [1.29, 1.82) is 0 Å².